The molecule has 0 spiro atoms. The molecule has 2 aromatic carbocycles. The van der Waals surface area contributed by atoms with Gasteiger partial charge in [-0.15, -0.1) is 23.2 Å². The summed E-state index contributed by atoms with van der Waals surface area (Å²) in [7, 11) is 0. The molecule has 0 unspecified atom stereocenters. The molecular weight excluding hydrogens is 458 g/mol. The zero-order valence-electron chi connectivity index (χ0n) is 11.1. The SMILES string of the molecule is ClCC(CCl)(Cc1ccc(Br)cc1Cl)c1cccc(Br)c1. The third kappa shape index (κ3) is 4.17. The van der Waals surface area contributed by atoms with Crippen molar-refractivity contribution in [1.82, 2.24) is 0 Å². The number of hydrogen-bond acceptors (Lipinski definition) is 0. The maximum atomic E-state index is 6.34. The Kier molecular flexibility index (Phi) is 6.46. The van der Waals surface area contributed by atoms with Crippen molar-refractivity contribution >= 4 is 66.7 Å². The Morgan fingerprint density at radius 2 is 1.57 bits per heavy atom. The molecule has 21 heavy (non-hydrogen) atoms. The van der Waals surface area contributed by atoms with E-state index < -0.39 is 0 Å². The maximum Gasteiger partial charge on any atom is 0.0449 e. The molecule has 0 bridgehead atoms. The van der Waals surface area contributed by atoms with Gasteiger partial charge in [-0.1, -0.05) is 61.7 Å². The number of alkyl halides is 2. The van der Waals surface area contributed by atoms with Crippen LogP contribution in [-0.2, 0) is 11.8 Å². The topological polar surface area (TPSA) is 0 Å². The molecule has 0 heterocycles. The lowest BCUT2D eigenvalue weighted by Gasteiger charge is -2.31. The molecule has 0 aromatic heterocycles. The first kappa shape index (κ1) is 17.6. The van der Waals surface area contributed by atoms with Gasteiger partial charge in [0.05, 0.1) is 0 Å². The van der Waals surface area contributed by atoms with Gasteiger partial charge < -0.3 is 0 Å². The van der Waals surface area contributed by atoms with Crippen molar-refractivity contribution in [2.75, 3.05) is 11.8 Å². The van der Waals surface area contributed by atoms with Crippen LogP contribution < -0.4 is 0 Å². The van der Waals surface area contributed by atoms with E-state index in [1.807, 2.05) is 30.3 Å². The fourth-order valence-electron chi connectivity index (χ4n) is 2.23. The second-order valence-electron chi connectivity index (χ2n) is 4.97. The summed E-state index contributed by atoms with van der Waals surface area (Å²) < 4.78 is 1.97. The molecule has 0 amide bonds. The van der Waals surface area contributed by atoms with Crippen molar-refractivity contribution in [3.8, 4) is 0 Å². The Morgan fingerprint density at radius 3 is 2.14 bits per heavy atom. The molecule has 0 radical (unpaired) electrons. The summed E-state index contributed by atoms with van der Waals surface area (Å²) in [5.74, 6) is 0.860. The van der Waals surface area contributed by atoms with Gasteiger partial charge >= 0.3 is 0 Å². The highest BCUT2D eigenvalue weighted by Gasteiger charge is 2.32. The van der Waals surface area contributed by atoms with E-state index in [9.17, 15) is 0 Å². The van der Waals surface area contributed by atoms with Crippen LogP contribution in [0.4, 0.5) is 0 Å². The molecule has 0 aliphatic carbocycles. The highest BCUT2D eigenvalue weighted by atomic mass is 79.9. The number of halogens is 5. The molecule has 0 saturated carbocycles. The van der Waals surface area contributed by atoms with Crippen LogP contribution in [0.25, 0.3) is 0 Å². The number of hydrogen-bond donors (Lipinski definition) is 0. The summed E-state index contributed by atoms with van der Waals surface area (Å²) in [4.78, 5) is 0. The van der Waals surface area contributed by atoms with E-state index in [2.05, 4.69) is 44.0 Å². The highest BCUT2D eigenvalue weighted by Crippen LogP contribution is 2.35. The van der Waals surface area contributed by atoms with Gasteiger partial charge in [0.25, 0.3) is 0 Å². The molecule has 2 aromatic rings. The Morgan fingerprint density at radius 1 is 0.905 bits per heavy atom. The minimum atomic E-state index is -0.343. The van der Waals surface area contributed by atoms with Crippen LogP contribution in [0.15, 0.2) is 51.4 Å². The predicted octanol–water partition coefficient (Wildman–Crippen LogP) is 6.82. The van der Waals surface area contributed by atoms with Crippen LogP contribution in [-0.4, -0.2) is 11.8 Å². The third-order valence-corrected chi connectivity index (χ3v) is 5.85. The van der Waals surface area contributed by atoms with E-state index in [4.69, 9.17) is 34.8 Å². The summed E-state index contributed by atoms with van der Waals surface area (Å²) in [5.41, 5.74) is 1.81. The monoisotopic (exact) mass is 468 g/mol. The van der Waals surface area contributed by atoms with E-state index >= 15 is 0 Å². The molecule has 2 rings (SSSR count). The summed E-state index contributed by atoms with van der Waals surface area (Å²) in [6.45, 7) is 0. The van der Waals surface area contributed by atoms with Gasteiger partial charge in [-0.3, -0.25) is 0 Å². The van der Waals surface area contributed by atoms with E-state index in [0.717, 1.165) is 25.1 Å². The minimum absolute atomic E-state index is 0.343. The number of benzene rings is 2. The van der Waals surface area contributed by atoms with E-state index in [1.54, 1.807) is 0 Å². The van der Waals surface area contributed by atoms with Gasteiger partial charge in [-0.05, 0) is 41.8 Å². The van der Waals surface area contributed by atoms with Crippen LogP contribution in [0.1, 0.15) is 11.1 Å². The van der Waals surface area contributed by atoms with Crippen LogP contribution in [0.5, 0.6) is 0 Å². The lowest BCUT2D eigenvalue weighted by Crippen LogP contribution is -2.33. The van der Waals surface area contributed by atoms with Crippen molar-refractivity contribution < 1.29 is 0 Å². The average Bonchev–Trinajstić information content (AvgIpc) is 2.47. The fourth-order valence-corrected chi connectivity index (χ4v) is 4.16. The Hall–Kier alpha value is 0.270. The molecule has 0 atom stereocenters. The standard InChI is InChI=1S/C16H13Br2Cl3/c17-13-3-1-2-12(6-13)16(9-19,10-20)8-11-4-5-14(18)7-15(11)21/h1-7H,8-10H2. The van der Waals surface area contributed by atoms with Crippen molar-refractivity contribution in [2.24, 2.45) is 0 Å². The zero-order valence-corrected chi connectivity index (χ0v) is 16.5. The third-order valence-electron chi connectivity index (χ3n) is 3.49. The van der Waals surface area contributed by atoms with E-state index in [-0.39, 0.29) is 5.41 Å². The maximum absolute atomic E-state index is 6.34. The molecule has 5 heteroatoms. The second-order valence-corrected chi connectivity index (χ2v) is 7.74. The van der Waals surface area contributed by atoms with Crippen molar-refractivity contribution in [2.45, 2.75) is 11.8 Å². The summed E-state index contributed by atoms with van der Waals surface area (Å²) in [6, 6.07) is 14.0. The van der Waals surface area contributed by atoms with Crippen molar-refractivity contribution in [1.29, 1.82) is 0 Å². The van der Waals surface area contributed by atoms with Crippen molar-refractivity contribution in [3.63, 3.8) is 0 Å². The smallest absolute Gasteiger partial charge is 0.0449 e. The first-order valence-electron chi connectivity index (χ1n) is 6.33. The Labute approximate surface area is 157 Å². The van der Waals surface area contributed by atoms with Gasteiger partial charge in [-0.2, -0.15) is 0 Å². The van der Waals surface area contributed by atoms with Crippen LogP contribution in [0, 0.1) is 0 Å². The molecule has 0 aliphatic rings. The summed E-state index contributed by atoms with van der Waals surface area (Å²) in [5, 5.41) is 0.721. The Bertz CT molecular complexity index is 625. The molecule has 112 valence electrons. The lowest BCUT2D eigenvalue weighted by atomic mass is 9.79. The summed E-state index contributed by atoms with van der Waals surface area (Å²) >= 11 is 25.9. The van der Waals surface area contributed by atoms with Crippen molar-refractivity contribution in [3.05, 3.63) is 67.6 Å². The largest absolute Gasteiger partial charge is 0.126 e. The van der Waals surface area contributed by atoms with Gasteiger partial charge in [0.1, 0.15) is 0 Å². The Balaban J connectivity index is 2.43. The molecule has 0 saturated heterocycles. The van der Waals surface area contributed by atoms with Gasteiger partial charge in [-0.25, -0.2) is 0 Å². The first-order valence-corrected chi connectivity index (χ1v) is 9.36. The molecular formula is C16H13Br2Cl3. The average molecular weight is 471 g/mol. The van der Waals surface area contributed by atoms with E-state index in [0.29, 0.717) is 18.2 Å². The predicted molar refractivity (Wildman–Crippen MR) is 100 cm³/mol. The molecule has 0 aliphatic heterocycles. The van der Waals surface area contributed by atoms with Crippen LogP contribution >= 0.6 is 66.7 Å². The second kappa shape index (κ2) is 7.70. The first-order chi connectivity index (χ1) is 10.0. The molecule has 0 N–H and O–H groups in total. The van der Waals surface area contributed by atoms with Crippen LogP contribution in [0.3, 0.4) is 0 Å². The van der Waals surface area contributed by atoms with Gasteiger partial charge in [0.2, 0.25) is 0 Å². The highest BCUT2D eigenvalue weighted by molar-refractivity contribution is 9.10. The lowest BCUT2D eigenvalue weighted by molar-refractivity contribution is 0.536. The van der Waals surface area contributed by atoms with E-state index in [1.165, 1.54) is 0 Å². The fraction of sp³-hybridized carbons (Fsp3) is 0.250. The zero-order chi connectivity index (χ0) is 15.5. The normalized spacial score (nSPS) is 11.7. The van der Waals surface area contributed by atoms with Gasteiger partial charge in [0.15, 0.2) is 0 Å². The summed E-state index contributed by atoms with van der Waals surface area (Å²) in [6.07, 6.45) is 0.697. The minimum Gasteiger partial charge on any atom is -0.126 e. The number of rotatable bonds is 5. The molecule has 0 nitrogen and oxygen atoms in total. The van der Waals surface area contributed by atoms with Crippen LogP contribution in [0.2, 0.25) is 5.02 Å². The van der Waals surface area contributed by atoms with Gasteiger partial charge in [0, 0.05) is 31.1 Å². The molecule has 0 fully saturated rings. The quantitative estimate of drug-likeness (QED) is 0.420.